The van der Waals surface area contributed by atoms with E-state index in [1.807, 2.05) is 36.4 Å². The number of nitrogens with zero attached hydrogens (tertiary/aromatic N) is 3. The fourth-order valence-corrected chi connectivity index (χ4v) is 7.17. The summed E-state index contributed by atoms with van der Waals surface area (Å²) in [5.41, 5.74) is 6.53. The van der Waals surface area contributed by atoms with Gasteiger partial charge in [0.25, 0.3) is 0 Å². The van der Waals surface area contributed by atoms with Crippen LogP contribution in [0.3, 0.4) is 0 Å². The van der Waals surface area contributed by atoms with Crippen molar-refractivity contribution in [2.24, 2.45) is 0 Å². The number of benzene rings is 8. The molecule has 0 amide bonds. The molecule has 10 rings (SSSR count). The summed E-state index contributed by atoms with van der Waals surface area (Å²) < 4.78 is 6.75. The van der Waals surface area contributed by atoms with Crippen LogP contribution >= 0.6 is 0 Å². The van der Waals surface area contributed by atoms with Crippen molar-refractivity contribution >= 4 is 54.3 Å². The maximum Gasteiger partial charge on any atom is 0.164 e. The second kappa shape index (κ2) is 11.0. The van der Waals surface area contributed by atoms with Gasteiger partial charge in [0.15, 0.2) is 17.5 Å². The van der Waals surface area contributed by atoms with Crippen LogP contribution in [0.4, 0.5) is 0 Å². The van der Waals surface area contributed by atoms with E-state index < -0.39 is 0 Å². The summed E-state index contributed by atoms with van der Waals surface area (Å²) in [7, 11) is 0. The van der Waals surface area contributed by atoms with E-state index in [-0.39, 0.29) is 0 Å². The molecule has 0 bridgehead atoms. The van der Waals surface area contributed by atoms with Gasteiger partial charge in [-0.25, -0.2) is 15.0 Å². The number of hydrogen-bond acceptors (Lipinski definition) is 4. The van der Waals surface area contributed by atoms with Gasteiger partial charge in [0, 0.05) is 33.0 Å². The Kier molecular flexibility index (Phi) is 6.15. The molecular formula is C45H27N3O. The molecule has 4 heteroatoms. The molecule has 0 spiro atoms. The van der Waals surface area contributed by atoms with E-state index in [0.717, 1.165) is 65.9 Å². The second-order valence-corrected chi connectivity index (χ2v) is 12.4. The minimum atomic E-state index is 0.600. The zero-order valence-electron chi connectivity index (χ0n) is 26.3. The van der Waals surface area contributed by atoms with E-state index in [1.54, 1.807) is 0 Å². The average molecular weight is 626 g/mol. The summed E-state index contributed by atoms with van der Waals surface area (Å²) in [6.45, 7) is 0. The van der Waals surface area contributed by atoms with Gasteiger partial charge < -0.3 is 4.42 Å². The standard InChI is InChI=1S/C45H27N3O/c1-3-11-28(12-4-1)37-24-25-38(41-40-36-18-10-8-14-30(36)22-26-39(40)49-42(37)41)45-47-43(31-15-5-2-6-16-31)46-44(48-45)33-21-23-35-32(27-33)20-19-29-13-7-9-17-34(29)35/h1-27H. The first-order valence-electron chi connectivity index (χ1n) is 16.4. The predicted octanol–water partition coefficient (Wildman–Crippen LogP) is 11.9. The van der Waals surface area contributed by atoms with Crippen LogP contribution < -0.4 is 0 Å². The van der Waals surface area contributed by atoms with E-state index in [2.05, 4.69) is 127 Å². The quantitative estimate of drug-likeness (QED) is 0.183. The van der Waals surface area contributed by atoms with Gasteiger partial charge in [-0.3, -0.25) is 0 Å². The lowest BCUT2D eigenvalue weighted by atomic mass is 9.96. The number of furan rings is 1. The third-order valence-corrected chi connectivity index (χ3v) is 9.51. The van der Waals surface area contributed by atoms with Crippen LogP contribution in [-0.2, 0) is 0 Å². The number of hydrogen-bond donors (Lipinski definition) is 0. The Balaban J connectivity index is 1.27. The maximum atomic E-state index is 6.75. The number of rotatable bonds is 4. The Morgan fingerprint density at radius 2 is 0.918 bits per heavy atom. The van der Waals surface area contributed by atoms with Gasteiger partial charge in [-0.05, 0) is 62.1 Å². The van der Waals surface area contributed by atoms with Gasteiger partial charge in [-0.15, -0.1) is 0 Å². The lowest BCUT2D eigenvalue weighted by Crippen LogP contribution is -2.00. The summed E-state index contributed by atoms with van der Waals surface area (Å²) in [6.07, 6.45) is 0. The molecule has 2 heterocycles. The maximum absolute atomic E-state index is 6.75. The van der Waals surface area contributed by atoms with Crippen LogP contribution in [0.25, 0.3) is 99.5 Å². The third-order valence-electron chi connectivity index (χ3n) is 9.51. The van der Waals surface area contributed by atoms with E-state index >= 15 is 0 Å². The van der Waals surface area contributed by atoms with Gasteiger partial charge >= 0.3 is 0 Å². The van der Waals surface area contributed by atoms with E-state index in [4.69, 9.17) is 19.4 Å². The summed E-state index contributed by atoms with van der Waals surface area (Å²) >= 11 is 0. The second-order valence-electron chi connectivity index (χ2n) is 12.4. The topological polar surface area (TPSA) is 51.8 Å². The van der Waals surface area contributed by atoms with Crippen LogP contribution in [0, 0.1) is 0 Å². The fraction of sp³-hybridized carbons (Fsp3) is 0. The van der Waals surface area contributed by atoms with Crippen molar-refractivity contribution in [2.75, 3.05) is 0 Å². The zero-order valence-corrected chi connectivity index (χ0v) is 26.3. The van der Waals surface area contributed by atoms with Gasteiger partial charge in [0.1, 0.15) is 11.2 Å². The van der Waals surface area contributed by atoms with Crippen molar-refractivity contribution in [2.45, 2.75) is 0 Å². The largest absolute Gasteiger partial charge is 0.455 e. The monoisotopic (exact) mass is 625 g/mol. The molecular weight excluding hydrogens is 599 g/mol. The molecule has 49 heavy (non-hydrogen) atoms. The summed E-state index contributed by atoms with van der Waals surface area (Å²) in [5.74, 6) is 1.84. The van der Waals surface area contributed by atoms with Crippen LogP contribution in [-0.4, -0.2) is 15.0 Å². The van der Waals surface area contributed by atoms with Crippen molar-refractivity contribution in [1.82, 2.24) is 15.0 Å². The van der Waals surface area contributed by atoms with E-state index in [9.17, 15) is 0 Å². The molecule has 8 aromatic carbocycles. The molecule has 0 fully saturated rings. The van der Waals surface area contributed by atoms with Gasteiger partial charge in [0.05, 0.1) is 0 Å². The average Bonchev–Trinajstić information content (AvgIpc) is 3.58. The van der Waals surface area contributed by atoms with Crippen LogP contribution in [0.15, 0.2) is 168 Å². The Labute approximate surface area is 282 Å². The van der Waals surface area contributed by atoms with Crippen molar-refractivity contribution in [1.29, 1.82) is 0 Å². The molecule has 0 aliphatic rings. The summed E-state index contributed by atoms with van der Waals surface area (Å²) in [4.78, 5) is 15.4. The third kappa shape index (κ3) is 4.49. The Morgan fingerprint density at radius 3 is 1.71 bits per heavy atom. The first kappa shape index (κ1) is 27.5. The molecule has 0 saturated carbocycles. The minimum Gasteiger partial charge on any atom is -0.455 e. The first-order valence-corrected chi connectivity index (χ1v) is 16.4. The highest BCUT2D eigenvalue weighted by atomic mass is 16.3. The van der Waals surface area contributed by atoms with E-state index in [0.29, 0.717) is 17.5 Å². The molecule has 0 atom stereocenters. The van der Waals surface area contributed by atoms with Crippen LogP contribution in [0.2, 0.25) is 0 Å². The van der Waals surface area contributed by atoms with E-state index in [1.165, 1.54) is 16.2 Å². The minimum absolute atomic E-state index is 0.600. The molecule has 0 unspecified atom stereocenters. The molecule has 228 valence electrons. The molecule has 0 aliphatic heterocycles. The lowest BCUT2D eigenvalue weighted by Gasteiger charge is -2.12. The highest BCUT2D eigenvalue weighted by Gasteiger charge is 2.22. The molecule has 0 aliphatic carbocycles. The molecule has 0 N–H and O–H groups in total. The zero-order chi connectivity index (χ0) is 32.3. The molecule has 0 radical (unpaired) electrons. The van der Waals surface area contributed by atoms with Gasteiger partial charge in [0.2, 0.25) is 0 Å². The number of fused-ring (bicyclic) bond motifs is 8. The Bertz CT molecular complexity index is 2880. The highest BCUT2D eigenvalue weighted by molar-refractivity contribution is 6.24. The molecule has 2 aromatic heterocycles. The van der Waals surface area contributed by atoms with Crippen molar-refractivity contribution in [3.63, 3.8) is 0 Å². The fourth-order valence-electron chi connectivity index (χ4n) is 7.17. The number of aromatic nitrogens is 3. The summed E-state index contributed by atoms with van der Waals surface area (Å²) in [5, 5.41) is 9.13. The Morgan fingerprint density at radius 1 is 0.347 bits per heavy atom. The summed E-state index contributed by atoms with van der Waals surface area (Å²) in [6, 6.07) is 56.8. The SMILES string of the molecule is c1ccc(-c2nc(-c3ccc4c(ccc5ccccc54)c3)nc(-c3ccc(-c4ccccc4)c4oc5ccc6ccccc6c5c34)n2)cc1. The highest BCUT2D eigenvalue weighted by Crippen LogP contribution is 2.44. The molecule has 4 nitrogen and oxygen atoms in total. The Hall–Kier alpha value is -6.65. The van der Waals surface area contributed by atoms with Crippen molar-refractivity contribution < 1.29 is 4.42 Å². The van der Waals surface area contributed by atoms with Crippen LogP contribution in [0.1, 0.15) is 0 Å². The molecule has 0 saturated heterocycles. The first-order chi connectivity index (χ1) is 24.3. The van der Waals surface area contributed by atoms with Gasteiger partial charge in [-0.2, -0.15) is 0 Å². The smallest absolute Gasteiger partial charge is 0.164 e. The van der Waals surface area contributed by atoms with Gasteiger partial charge in [-0.1, -0.05) is 140 Å². The normalized spacial score (nSPS) is 11.7. The lowest BCUT2D eigenvalue weighted by molar-refractivity contribution is 0.670. The molecule has 10 aromatic rings. The van der Waals surface area contributed by atoms with Crippen molar-refractivity contribution in [3.8, 4) is 45.3 Å². The van der Waals surface area contributed by atoms with Crippen molar-refractivity contribution in [3.05, 3.63) is 164 Å². The predicted molar refractivity (Wildman–Crippen MR) is 201 cm³/mol. The van der Waals surface area contributed by atoms with Crippen LogP contribution in [0.5, 0.6) is 0 Å².